The molecule has 1 aliphatic rings. The summed E-state index contributed by atoms with van der Waals surface area (Å²) in [6.45, 7) is 6.38. The average Bonchev–Trinajstić information content (AvgIpc) is 2.97. The van der Waals surface area contributed by atoms with Crippen LogP contribution in [0.25, 0.3) is 10.8 Å². The Balaban J connectivity index is 2.08. The van der Waals surface area contributed by atoms with Gasteiger partial charge >= 0.3 is 0 Å². The van der Waals surface area contributed by atoms with Crippen LogP contribution in [-0.2, 0) is 6.54 Å². The Hall–Kier alpha value is -1.92. The minimum atomic E-state index is -1.10. The highest BCUT2D eigenvalue weighted by atomic mass is 35.5. The molecule has 1 aliphatic heterocycles. The Kier molecular flexibility index (Phi) is 4.37. The lowest BCUT2D eigenvalue weighted by Gasteiger charge is -2.49. The third-order valence-electron chi connectivity index (χ3n) is 5.40. The van der Waals surface area contributed by atoms with Crippen molar-refractivity contribution < 1.29 is 14.4 Å². The summed E-state index contributed by atoms with van der Waals surface area (Å²) in [6, 6.07) is 6.75. The van der Waals surface area contributed by atoms with Gasteiger partial charge in [-0.05, 0) is 26.8 Å². The lowest BCUT2D eigenvalue weighted by atomic mass is 9.99. The molecule has 0 N–H and O–H groups in total. The van der Waals surface area contributed by atoms with Crippen molar-refractivity contribution in [3.8, 4) is 0 Å². The normalized spacial score (nSPS) is 23.9. The van der Waals surface area contributed by atoms with Gasteiger partial charge < -0.3 is 9.90 Å². The van der Waals surface area contributed by atoms with Crippen LogP contribution in [0, 0.1) is 0 Å². The molecule has 2 atom stereocenters. The van der Waals surface area contributed by atoms with E-state index >= 15 is 0 Å². The molecule has 0 radical (unpaired) electrons. The number of fused-ring (bicyclic) bond motifs is 1. The first kappa shape index (κ1) is 17.9. The molecule has 2 aromatic rings. The van der Waals surface area contributed by atoms with E-state index in [0.717, 1.165) is 6.42 Å². The van der Waals surface area contributed by atoms with Gasteiger partial charge in [0, 0.05) is 18.2 Å². The van der Waals surface area contributed by atoms with Gasteiger partial charge in [-0.1, -0.05) is 29.8 Å². The number of nitrogens with zero attached hydrogens (tertiary/aromatic N) is 3. The van der Waals surface area contributed by atoms with Crippen molar-refractivity contribution in [3.63, 3.8) is 0 Å². The van der Waals surface area contributed by atoms with Gasteiger partial charge in [-0.15, -0.1) is 0 Å². The summed E-state index contributed by atoms with van der Waals surface area (Å²) >= 11 is 6.24. The third kappa shape index (κ3) is 2.73. The Morgan fingerprint density at radius 1 is 1.36 bits per heavy atom. The topological polar surface area (TPSA) is 75.0 Å². The van der Waals surface area contributed by atoms with Gasteiger partial charge in [-0.25, -0.2) is 4.68 Å². The fraction of sp³-hybridized carbons (Fsp3) is 0.500. The van der Waals surface area contributed by atoms with E-state index in [0.29, 0.717) is 23.7 Å². The van der Waals surface area contributed by atoms with Crippen molar-refractivity contribution in [2.45, 2.75) is 51.7 Å². The SMILES string of the molecule is CC(C)(C)[N+]1(C(=O)[O-])CCC[C@@H]1Cn1nc(Cl)c2ccccc2c1=O. The fourth-order valence-corrected chi connectivity index (χ4v) is 4.38. The first-order chi connectivity index (χ1) is 11.7. The molecule has 1 aromatic heterocycles. The molecule has 6 nitrogen and oxygen atoms in total. The van der Waals surface area contributed by atoms with Crippen LogP contribution in [0.15, 0.2) is 29.1 Å². The molecule has 3 rings (SSSR count). The van der Waals surface area contributed by atoms with Crippen LogP contribution in [0.1, 0.15) is 33.6 Å². The van der Waals surface area contributed by atoms with E-state index in [1.807, 2.05) is 20.8 Å². The second-order valence-corrected chi connectivity index (χ2v) is 8.01. The Morgan fingerprint density at radius 2 is 2.00 bits per heavy atom. The first-order valence-electron chi connectivity index (χ1n) is 8.43. The molecule has 7 heteroatoms. The molecule has 0 aliphatic carbocycles. The van der Waals surface area contributed by atoms with E-state index in [9.17, 15) is 14.7 Å². The third-order valence-corrected chi connectivity index (χ3v) is 5.68. The zero-order valence-electron chi connectivity index (χ0n) is 14.7. The molecular weight excluding hydrogens is 342 g/mol. The van der Waals surface area contributed by atoms with Gasteiger partial charge in [-0.3, -0.25) is 9.28 Å². The highest BCUT2D eigenvalue weighted by molar-refractivity contribution is 6.34. The maximum absolute atomic E-state index is 12.8. The van der Waals surface area contributed by atoms with Crippen molar-refractivity contribution in [3.05, 3.63) is 39.8 Å². The molecule has 1 aromatic carbocycles. The standard InChI is InChI=1S/C18H22ClN3O3/c1-18(2,3)22(17(24)25)10-6-7-12(22)11-21-16(23)14-9-5-4-8-13(14)15(19)20-21/h4-5,8-9,12H,6-7,10-11H2,1-3H3/t12-,22?/m1/s1. The van der Waals surface area contributed by atoms with Gasteiger partial charge in [0.25, 0.3) is 11.7 Å². The van der Waals surface area contributed by atoms with Crippen LogP contribution >= 0.6 is 11.6 Å². The van der Waals surface area contributed by atoms with Crippen molar-refractivity contribution >= 4 is 28.5 Å². The summed E-state index contributed by atoms with van der Waals surface area (Å²) in [5.74, 6) is 0. The lowest BCUT2D eigenvalue weighted by Crippen LogP contribution is -2.70. The number of amides is 1. The predicted octanol–water partition coefficient (Wildman–Crippen LogP) is 2.17. The fourth-order valence-electron chi connectivity index (χ4n) is 4.12. The maximum Gasteiger partial charge on any atom is 0.274 e. The van der Waals surface area contributed by atoms with Crippen LogP contribution < -0.4 is 10.7 Å². The van der Waals surface area contributed by atoms with E-state index in [1.54, 1.807) is 24.3 Å². The van der Waals surface area contributed by atoms with Gasteiger partial charge in [0.1, 0.15) is 6.04 Å². The number of hydrogen-bond donors (Lipinski definition) is 0. The van der Waals surface area contributed by atoms with Crippen molar-refractivity contribution in [1.29, 1.82) is 0 Å². The second-order valence-electron chi connectivity index (χ2n) is 7.65. The van der Waals surface area contributed by atoms with Gasteiger partial charge in [0.2, 0.25) is 0 Å². The van der Waals surface area contributed by atoms with Gasteiger partial charge in [0.15, 0.2) is 5.15 Å². The summed E-state index contributed by atoms with van der Waals surface area (Å²) in [7, 11) is 0. The molecule has 0 spiro atoms. The Labute approximate surface area is 151 Å². The molecule has 1 amide bonds. The maximum atomic E-state index is 12.8. The summed E-state index contributed by atoms with van der Waals surface area (Å²) in [4.78, 5) is 24.8. The molecule has 0 saturated carbocycles. The minimum Gasteiger partial charge on any atom is -0.498 e. The molecule has 2 heterocycles. The lowest BCUT2D eigenvalue weighted by molar-refractivity contribution is -0.930. The number of carboxylic acid groups (broad SMARTS) is 1. The van der Waals surface area contributed by atoms with Crippen LogP contribution in [0.3, 0.4) is 0 Å². The molecule has 25 heavy (non-hydrogen) atoms. The predicted molar refractivity (Wildman–Crippen MR) is 94.3 cm³/mol. The number of carbonyl (C=O) groups is 1. The zero-order valence-corrected chi connectivity index (χ0v) is 15.4. The Bertz CT molecular complexity index is 887. The first-order valence-corrected chi connectivity index (χ1v) is 8.81. The van der Waals surface area contributed by atoms with Crippen molar-refractivity contribution in [2.75, 3.05) is 6.54 Å². The highest BCUT2D eigenvalue weighted by Crippen LogP contribution is 2.37. The summed E-state index contributed by atoms with van der Waals surface area (Å²) in [6.07, 6.45) is 0.366. The van der Waals surface area contributed by atoms with Gasteiger partial charge in [-0.2, -0.15) is 5.10 Å². The molecule has 134 valence electrons. The number of rotatable bonds is 2. The number of aromatic nitrogens is 2. The van der Waals surface area contributed by atoms with E-state index in [2.05, 4.69) is 5.10 Å². The number of carbonyl (C=O) groups excluding carboxylic acids is 1. The smallest absolute Gasteiger partial charge is 0.274 e. The van der Waals surface area contributed by atoms with Crippen molar-refractivity contribution in [1.82, 2.24) is 9.78 Å². The number of likely N-dealkylation sites (tertiary alicyclic amines) is 1. The molecular formula is C18H22ClN3O3. The zero-order chi connectivity index (χ0) is 18.4. The van der Waals surface area contributed by atoms with Crippen LogP contribution in [-0.4, -0.2) is 38.5 Å². The van der Waals surface area contributed by atoms with E-state index < -0.39 is 11.6 Å². The number of hydrogen-bond acceptors (Lipinski definition) is 4. The largest absolute Gasteiger partial charge is 0.498 e. The second kappa shape index (κ2) is 6.11. The van der Waals surface area contributed by atoms with Gasteiger partial charge in [0.05, 0.1) is 24.0 Å². The van der Waals surface area contributed by atoms with E-state index in [-0.39, 0.29) is 27.8 Å². The highest BCUT2D eigenvalue weighted by Gasteiger charge is 2.52. The average molecular weight is 364 g/mol. The van der Waals surface area contributed by atoms with Crippen LogP contribution in [0.2, 0.25) is 5.15 Å². The summed E-state index contributed by atoms with van der Waals surface area (Å²) < 4.78 is 1.13. The minimum absolute atomic E-state index is 0.175. The molecule has 1 saturated heterocycles. The number of quaternary nitrogens is 1. The molecule has 1 fully saturated rings. The molecule has 1 unspecified atom stereocenters. The Morgan fingerprint density at radius 3 is 2.60 bits per heavy atom. The van der Waals surface area contributed by atoms with Crippen molar-refractivity contribution in [2.24, 2.45) is 0 Å². The number of benzene rings is 1. The molecule has 0 bridgehead atoms. The quantitative estimate of drug-likeness (QED) is 0.766. The van der Waals surface area contributed by atoms with Crippen LogP contribution in [0.4, 0.5) is 4.79 Å². The summed E-state index contributed by atoms with van der Waals surface area (Å²) in [5, 5.41) is 17.6. The number of halogens is 1. The van der Waals surface area contributed by atoms with Crippen LogP contribution in [0.5, 0.6) is 0 Å². The van der Waals surface area contributed by atoms with E-state index in [4.69, 9.17) is 11.6 Å². The monoisotopic (exact) mass is 363 g/mol. The summed E-state index contributed by atoms with van der Waals surface area (Å²) in [5.41, 5.74) is -0.790. The van der Waals surface area contributed by atoms with E-state index in [1.165, 1.54) is 4.68 Å².